The quantitative estimate of drug-likeness (QED) is 0.352. The second-order valence-corrected chi connectivity index (χ2v) is 7.07. The van der Waals surface area contributed by atoms with Crippen LogP contribution in [0.4, 0.5) is 0 Å². The van der Waals surface area contributed by atoms with Gasteiger partial charge in [-0.3, -0.25) is 0 Å². The second-order valence-electron chi connectivity index (χ2n) is 6.63. The summed E-state index contributed by atoms with van der Waals surface area (Å²) in [5.74, 6) is 1.76. The Morgan fingerprint density at radius 2 is 1.89 bits per heavy atom. The number of benzene rings is 3. The molecule has 28 heavy (non-hydrogen) atoms. The first kappa shape index (κ1) is 18.8. The summed E-state index contributed by atoms with van der Waals surface area (Å²) in [6, 6.07) is 20.2. The summed E-state index contributed by atoms with van der Waals surface area (Å²) in [5, 5.41) is 2.96. The average Bonchev–Trinajstić information content (AvgIpc) is 3.06. The van der Waals surface area contributed by atoms with Gasteiger partial charge < -0.3 is 14.0 Å². The van der Waals surface area contributed by atoms with E-state index in [1.807, 2.05) is 49.4 Å². The van der Waals surface area contributed by atoms with Crippen molar-refractivity contribution in [1.82, 2.24) is 9.55 Å². The number of aromatic nitrogens is 2. The number of hydrogen-bond acceptors (Lipinski definition) is 3. The van der Waals surface area contributed by atoms with E-state index in [4.69, 9.17) is 26.1 Å². The highest BCUT2D eigenvalue weighted by molar-refractivity contribution is 6.31. The molecule has 0 aliphatic carbocycles. The van der Waals surface area contributed by atoms with Crippen LogP contribution in [0.15, 0.2) is 60.7 Å². The van der Waals surface area contributed by atoms with Gasteiger partial charge in [-0.2, -0.15) is 0 Å². The van der Waals surface area contributed by atoms with E-state index in [0.29, 0.717) is 11.6 Å². The zero-order chi connectivity index (χ0) is 19.3. The molecule has 0 atom stereocenters. The summed E-state index contributed by atoms with van der Waals surface area (Å²) in [4.78, 5) is 4.78. The average molecular weight is 395 g/mol. The second kappa shape index (κ2) is 8.63. The minimum atomic E-state index is 0.398. The number of ether oxygens (including phenoxy) is 2. The maximum atomic E-state index is 6.19. The van der Waals surface area contributed by atoms with Gasteiger partial charge in [0.1, 0.15) is 18.2 Å². The van der Waals surface area contributed by atoms with Gasteiger partial charge in [-0.1, -0.05) is 48.0 Å². The molecular weight excluding hydrogens is 372 g/mol. The first-order valence-corrected chi connectivity index (χ1v) is 9.97. The molecular formula is C23H23ClN2O2. The van der Waals surface area contributed by atoms with Crippen molar-refractivity contribution in [1.29, 1.82) is 0 Å². The highest BCUT2D eigenvalue weighted by atomic mass is 35.5. The summed E-state index contributed by atoms with van der Waals surface area (Å²) in [6.07, 6.45) is 0.920. The van der Waals surface area contributed by atoms with E-state index in [2.05, 4.69) is 22.8 Å². The van der Waals surface area contributed by atoms with E-state index in [-0.39, 0.29) is 0 Å². The SMILES string of the molecule is CCOCCCn1c(COc2cccc3ccccc23)nc2cc(Cl)ccc21. The predicted molar refractivity (Wildman–Crippen MR) is 114 cm³/mol. The molecule has 1 aromatic heterocycles. The van der Waals surface area contributed by atoms with Crippen LogP contribution >= 0.6 is 11.6 Å². The van der Waals surface area contributed by atoms with Crippen molar-refractivity contribution in [2.45, 2.75) is 26.5 Å². The summed E-state index contributed by atoms with van der Waals surface area (Å²) in [6.45, 7) is 4.70. The molecule has 0 bridgehead atoms. The van der Waals surface area contributed by atoms with Gasteiger partial charge in [-0.25, -0.2) is 4.98 Å². The molecule has 4 rings (SSSR count). The van der Waals surface area contributed by atoms with E-state index in [0.717, 1.165) is 59.6 Å². The third-order valence-electron chi connectivity index (χ3n) is 4.77. The lowest BCUT2D eigenvalue weighted by atomic mass is 10.1. The molecule has 3 aromatic carbocycles. The van der Waals surface area contributed by atoms with E-state index in [9.17, 15) is 0 Å². The topological polar surface area (TPSA) is 36.3 Å². The molecule has 0 unspecified atom stereocenters. The first-order chi connectivity index (χ1) is 13.8. The molecule has 144 valence electrons. The molecule has 0 amide bonds. The van der Waals surface area contributed by atoms with E-state index >= 15 is 0 Å². The highest BCUT2D eigenvalue weighted by Gasteiger charge is 2.12. The maximum Gasteiger partial charge on any atom is 0.148 e. The molecule has 0 saturated carbocycles. The third kappa shape index (κ3) is 3.98. The molecule has 1 heterocycles. The summed E-state index contributed by atoms with van der Waals surface area (Å²) in [5.41, 5.74) is 1.96. The molecule has 0 fully saturated rings. The lowest BCUT2D eigenvalue weighted by Gasteiger charge is -2.12. The largest absolute Gasteiger partial charge is 0.485 e. The van der Waals surface area contributed by atoms with Crippen molar-refractivity contribution in [3.63, 3.8) is 0 Å². The zero-order valence-corrected chi connectivity index (χ0v) is 16.7. The third-order valence-corrected chi connectivity index (χ3v) is 5.01. The number of rotatable bonds is 8. The standard InChI is InChI=1S/C23H23ClN2O2/c1-2-27-14-6-13-26-21-12-11-18(24)15-20(21)25-23(26)16-28-22-10-5-8-17-7-3-4-9-19(17)22/h3-5,7-12,15H,2,6,13-14,16H2,1H3. The van der Waals surface area contributed by atoms with Gasteiger partial charge in [0, 0.05) is 30.2 Å². The van der Waals surface area contributed by atoms with Gasteiger partial charge in [0.2, 0.25) is 0 Å². The Kier molecular flexibility index (Phi) is 5.79. The van der Waals surface area contributed by atoms with Gasteiger partial charge in [-0.05, 0) is 43.0 Å². The summed E-state index contributed by atoms with van der Waals surface area (Å²) >= 11 is 6.16. The zero-order valence-electron chi connectivity index (χ0n) is 15.9. The molecule has 0 aliphatic rings. The normalized spacial score (nSPS) is 11.4. The molecule has 0 N–H and O–H groups in total. The molecule has 0 saturated heterocycles. The van der Waals surface area contributed by atoms with E-state index in [1.165, 1.54) is 0 Å². The fraction of sp³-hybridized carbons (Fsp3) is 0.261. The minimum absolute atomic E-state index is 0.398. The van der Waals surface area contributed by atoms with Crippen LogP contribution in [-0.4, -0.2) is 22.8 Å². The van der Waals surface area contributed by atoms with Crippen molar-refractivity contribution >= 4 is 33.4 Å². The molecule has 4 nitrogen and oxygen atoms in total. The first-order valence-electron chi connectivity index (χ1n) is 9.59. The fourth-order valence-electron chi connectivity index (χ4n) is 3.45. The van der Waals surface area contributed by atoms with Crippen molar-refractivity contribution < 1.29 is 9.47 Å². The van der Waals surface area contributed by atoms with Gasteiger partial charge in [0.05, 0.1) is 11.0 Å². The Morgan fingerprint density at radius 1 is 1.04 bits per heavy atom. The predicted octanol–water partition coefficient (Wildman–Crippen LogP) is 5.85. The number of fused-ring (bicyclic) bond motifs is 2. The molecule has 4 aromatic rings. The minimum Gasteiger partial charge on any atom is -0.485 e. The molecule has 5 heteroatoms. The van der Waals surface area contributed by atoms with Crippen LogP contribution in [0.25, 0.3) is 21.8 Å². The molecule has 0 aliphatic heterocycles. The van der Waals surface area contributed by atoms with Crippen LogP contribution in [0.3, 0.4) is 0 Å². The van der Waals surface area contributed by atoms with E-state index in [1.54, 1.807) is 0 Å². The van der Waals surface area contributed by atoms with Crippen molar-refractivity contribution in [3.8, 4) is 5.75 Å². The maximum absolute atomic E-state index is 6.19. The monoisotopic (exact) mass is 394 g/mol. The summed E-state index contributed by atoms with van der Waals surface area (Å²) in [7, 11) is 0. The summed E-state index contributed by atoms with van der Waals surface area (Å²) < 4.78 is 13.9. The number of halogens is 1. The number of imidazole rings is 1. The van der Waals surface area contributed by atoms with Crippen LogP contribution in [0.5, 0.6) is 5.75 Å². The van der Waals surface area contributed by atoms with Gasteiger partial charge in [0.15, 0.2) is 0 Å². The van der Waals surface area contributed by atoms with Crippen LogP contribution < -0.4 is 4.74 Å². The van der Waals surface area contributed by atoms with Crippen molar-refractivity contribution in [2.24, 2.45) is 0 Å². The fourth-order valence-corrected chi connectivity index (χ4v) is 3.61. The van der Waals surface area contributed by atoms with E-state index < -0.39 is 0 Å². The Hall–Kier alpha value is -2.56. The van der Waals surface area contributed by atoms with Crippen molar-refractivity contribution in [3.05, 3.63) is 71.5 Å². The Labute approximate surface area is 169 Å². The van der Waals surface area contributed by atoms with Crippen LogP contribution in [-0.2, 0) is 17.9 Å². The Morgan fingerprint density at radius 3 is 2.79 bits per heavy atom. The number of nitrogens with zero attached hydrogens (tertiary/aromatic N) is 2. The van der Waals surface area contributed by atoms with Crippen LogP contribution in [0.1, 0.15) is 19.2 Å². The van der Waals surface area contributed by atoms with Crippen LogP contribution in [0.2, 0.25) is 5.02 Å². The Bertz CT molecular complexity index is 1090. The lowest BCUT2D eigenvalue weighted by Crippen LogP contribution is -2.09. The van der Waals surface area contributed by atoms with Gasteiger partial charge in [-0.15, -0.1) is 0 Å². The number of hydrogen-bond donors (Lipinski definition) is 0. The van der Waals surface area contributed by atoms with Crippen molar-refractivity contribution in [2.75, 3.05) is 13.2 Å². The van der Waals surface area contributed by atoms with Gasteiger partial charge in [0.25, 0.3) is 0 Å². The smallest absolute Gasteiger partial charge is 0.148 e. The highest BCUT2D eigenvalue weighted by Crippen LogP contribution is 2.27. The Balaban J connectivity index is 1.61. The molecule has 0 spiro atoms. The molecule has 0 radical (unpaired) electrons. The lowest BCUT2D eigenvalue weighted by molar-refractivity contribution is 0.141. The van der Waals surface area contributed by atoms with Gasteiger partial charge >= 0.3 is 0 Å². The number of aryl methyl sites for hydroxylation is 1. The van der Waals surface area contributed by atoms with Crippen LogP contribution in [0, 0.1) is 0 Å².